The van der Waals surface area contributed by atoms with Crippen LogP contribution >= 0.6 is 0 Å². The van der Waals surface area contributed by atoms with Crippen molar-refractivity contribution in [2.45, 2.75) is 18.9 Å². The van der Waals surface area contributed by atoms with Crippen molar-refractivity contribution in [1.29, 1.82) is 0 Å². The van der Waals surface area contributed by atoms with Crippen molar-refractivity contribution in [3.05, 3.63) is 35.4 Å². The van der Waals surface area contributed by atoms with E-state index in [4.69, 9.17) is 4.74 Å². The molecule has 0 spiro atoms. The first-order valence-electron chi connectivity index (χ1n) is 7.62. The maximum Gasteiger partial charge on any atom is 0.250 e. The van der Waals surface area contributed by atoms with Crippen molar-refractivity contribution in [2.24, 2.45) is 0 Å². The Kier molecular flexibility index (Phi) is 4.41. The second-order valence-electron chi connectivity index (χ2n) is 5.93. The van der Waals surface area contributed by atoms with E-state index in [2.05, 4.69) is 5.32 Å². The third-order valence-corrected chi connectivity index (χ3v) is 5.38. The maximum absolute atomic E-state index is 12.4. The summed E-state index contributed by atoms with van der Waals surface area (Å²) in [6.45, 7) is 1.07. The zero-order valence-electron chi connectivity index (χ0n) is 13.0. The number of carbonyl (C=O) groups is 1. The number of nitrogens with one attached hydrogen (secondary N) is 1. The molecule has 2 heterocycles. The summed E-state index contributed by atoms with van der Waals surface area (Å²) in [7, 11) is -3.22. The highest BCUT2D eigenvalue weighted by atomic mass is 32.2. The fourth-order valence-electron chi connectivity index (χ4n) is 2.89. The molecule has 2 aliphatic heterocycles. The summed E-state index contributed by atoms with van der Waals surface area (Å²) < 4.78 is 30.3. The van der Waals surface area contributed by atoms with Crippen LogP contribution in [0.15, 0.2) is 29.8 Å². The Hall–Kier alpha value is -1.86. The molecule has 0 unspecified atom stereocenters. The van der Waals surface area contributed by atoms with Crippen LogP contribution < -0.4 is 10.1 Å². The molecule has 6 nitrogen and oxygen atoms in total. The Morgan fingerprint density at radius 3 is 2.91 bits per heavy atom. The van der Waals surface area contributed by atoms with E-state index in [1.807, 2.05) is 30.3 Å². The van der Waals surface area contributed by atoms with Crippen LogP contribution in [0.1, 0.15) is 18.4 Å². The molecular weight excluding hydrogens is 316 g/mol. The molecule has 0 radical (unpaired) electrons. The summed E-state index contributed by atoms with van der Waals surface area (Å²) in [4.78, 5) is 12.4. The van der Waals surface area contributed by atoms with Crippen molar-refractivity contribution >= 4 is 22.0 Å². The van der Waals surface area contributed by atoms with Crippen molar-refractivity contribution in [2.75, 3.05) is 26.0 Å². The van der Waals surface area contributed by atoms with Crippen molar-refractivity contribution < 1.29 is 17.9 Å². The number of amides is 1. The highest BCUT2D eigenvalue weighted by Gasteiger charge is 2.28. The third kappa shape index (κ3) is 3.73. The monoisotopic (exact) mass is 336 g/mol. The fourth-order valence-corrected chi connectivity index (χ4v) is 3.80. The van der Waals surface area contributed by atoms with Crippen LogP contribution in [-0.2, 0) is 14.8 Å². The van der Waals surface area contributed by atoms with Gasteiger partial charge in [0.05, 0.1) is 11.8 Å². The summed E-state index contributed by atoms with van der Waals surface area (Å²) in [5, 5.41) is 2.93. The molecule has 7 heteroatoms. The van der Waals surface area contributed by atoms with Crippen LogP contribution in [0, 0.1) is 0 Å². The maximum atomic E-state index is 12.4. The molecule has 124 valence electrons. The molecule has 0 saturated carbocycles. The van der Waals surface area contributed by atoms with E-state index in [1.165, 1.54) is 10.6 Å². The molecule has 0 bridgehead atoms. The van der Waals surface area contributed by atoms with Crippen molar-refractivity contribution in [3.63, 3.8) is 0 Å². The van der Waals surface area contributed by atoms with E-state index >= 15 is 0 Å². The number of para-hydroxylation sites is 1. The topological polar surface area (TPSA) is 75.7 Å². The number of rotatable bonds is 3. The second-order valence-corrected chi connectivity index (χ2v) is 7.91. The first-order valence-corrected chi connectivity index (χ1v) is 9.47. The van der Waals surface area contributed by atoms with Crippen LogP contribution in [0.2, 0.25) is 0 Å². The lowest BCUT2D eigenvalue weighted by Crippen LogP contribution is -2.49. The van der Waals surface area contributed by atoms with E-state index in [9.17, 15) is 13.2 Å². The Morgan fingerprint density at radius 2 is 2.13 bits per heavy atom. The van der Waals surface area contributed by atoms with E-state index in [0.717, 1.165) is 24.2 Å². The van der Waals surface area contributed by atoms with Crippen molar-refractivity contribution in [3.8, 4) is 5.75 Å². The van der Waals surface area contributed by atoms with Gasteiger partial charge in [0, 0.05) is 24.7 Å². The van der Waals surface area contributed by atoms with Gasteiger partial charge in [-0.2, -0.15) is 0 Å². The van der Waals surface area contributed by atoms with Gasteiger partial charge in [0.25, 0.3) is 5.91 Å². The average molecular weight is 336 g/mol. The SMILES string of the molecule is CS(=O)(=O)N1CCC[C@@H](NC(=O)C2=Cc3ccccc3OC2)C1. The Balaban J connectivity index is 1.67. The fraction of sp³-hybridized carbons (Fsp3) is 0.438. The first kappa shape index (κ1) is 16.0. The number of hydrogen-bond donors (Lipinski definition) is 1. The van der Waals surface area contributed by atoms with Gasteiger partial charge in [-0.1, -0.05) is 18.2 Å². The summed E-state index contributed by atoms with van der Waals surface area (Å²) in [5.74, 6) is 0.574. The standard InChI is InChI=1S/C16H20N2O4S/c1-23(20,21)18-8-4-6-14(10-18)17-16(19)13-9-12-5-2-3-7-15(12)22-11-13/h2-3,5,7,9,14H,4,6,8,10-11H2,1H3,(H,17,19)/t14-/m1/s1. The normalized spacial score (nSPS) is 21.8. The number of fused-ring (bicyclic) bond motifs is 1. The third-order valence-electron chi connectivity index (χ3n) is 4.11. The lowest BCUT2D eigenvalue weighted by Gasteiger charge is -2.31. The minimum atomic E-state index is -3.22. The molecule has 2 aliphatic rings. The summed E-state index contributed by atoms with van der Waals surface area (Å²) in [6.07, 6.45) is 4.55. The van der Waals surface area contributed by atoms with E-state index in [-0.39, 0.29) is 18.6 Å². The zero-order valence-corrected chi connectivity index (χ0v) is 13.8. The van der Waals surface area contributed by atoms with Gasteiger partial charge in [0.15, 0.2) is 0 Å². The summed E-state index contributed by atoms with van der Waals surface area (Å²) in [5.41, 5.74) is 1.44. The predicted octanol–water partition coefficient (Wildman–Crippen LogP) is 1.00. The Labute approximate surface area is 136 Å². The minimum absolute atomic E-state index is 0.163. The molecular formula is C16H20N2O4S. The number of benzene rings is 1. The number of nitrogens with zero attached hydrogens (tertiary/aromatic N) is 1. The minimum Gasteiger partial charge on any atom is -0.488 e. The molecule has 0 aromatic heterocycles. The van der Waals surface area contributed by atoms with Crippen LogP contribution in [0.5, 0.6) is 5.75 Å². The molecule has 23 heavy (non-hydrogen) atoms. The molecule has 0 aliphatic carbocycles. The molecule has 1 N–H and O–H groups in total. The largest absolute Gasteiger partial charge is 0.488 e. The van der Waals surface area contributed by atoms with Gasteiger partial charge in [-0.3, -0.25) is 4.79 Å². The smallest absolute Gasteiger partial charge is 0.250 e. The predicted molar refractivity (Wildman–Crippen MR) is 87.5 cm³/mol. The number of piperidine rings is 1. The van der Waals surface area contributed by atoms with Gasteiger partial charge >= 0.3 is 0 Å². The van der Waals surface area contributed by atoms with Crippen LogP contribution in [0.4, 0.5) is 0 Å². The van der Waals surface area contributed by atoms with Gasteiger partial charge in [-0.15, -0.1) is 0 Å². The molecule has 1 atom stereocenters. The molecule has 1 aromatic rings. The first-order chi connectivity index (χ1) is 10.9. The van der Waals surface area contributed by atoms with E-state index in [0.29, 0.717) is 18.7 Å². The lowest BCUT2D eigenvalue weighted by atomic mass is 10.0. The summed E-state index contributed by atoms with van der Waals surface area (Å²) in [6, 6.07) is 7.38. The Bertz CT molecular complexity index is 742. The lowest BCUT2D eigenvalue weighted by molar-refractivity contribution is -0.118. The molecule has 1 fully saturated rings. The summed E-state index contributed by atoms with van der Waals surface area (Å²) >= 11 is 0. The Morgan fingerprint density at radius 1 is 1.35 bits per heavy atom. The van der Waals surface area contributed by atoms with Crippen LogP contribution in [0.25, 0.3) is 6.08 Å². The number of sulfonamides is 1. The second kappa shape index (κ2) is 6.33. The van der Waals surface area contributed by atoms with Gasteiger partial charge in [-0.25, -0.2) is 12.7 Å². The van der Waals surface area contributed by atoms with E-state index < -0.39 is 10.0 Å². The van der Waals surface area contributed by atoms with Crippen LogP contribution in [0.3, 0.4) is 0 Å². The number of ether oxygens (including phenoxy) is 1. The van der Waals surface area contributed by atoms with Crippen molar-refractivity contribution in [1.82, 2.24) is 9.62 Å². The molecule has 3 rings (SSSR count). The zero-order chi connectivity index (χ0) is 16.4. The van der Waals surface area contributed by atoms with Gasteiger partial charge in [0.2, 0.25) is 10.0 Å². The number of carbonyl (C=O) groups excluding carboxylic acids is 1. The van der Waals surface area contributed by atoms with Crippen LogP contribution in [-0.4, -0.2) is 50.6 Å². The van der Waals surface area contributed by atoms with Gasteiger partial charge < -0.3 is 10.1 Å². The molecule has 1 amide bonds. The van der Waals surface area contributed by atoms with Gasteiger partial charge in [0.1, 0.15) is 12.4 Å². The average Bonchev–Trinajstić information content (AvgIpc) is 2.54. The highest BCUT2D eigenvalue weighted by molar-refractivity contribution is 7.88. The quantitative estimate of drug-likeness (QED) is 0.894. The highest BCUT2D eigenvalue weighted by Crippen LogP contribution is 2.25. The van der Waals surface area contributed by atoms with Gasteiger partial charge in [-0.05, 0) is 25.0 Å². The van der Waals surface area contributed by atoms with E-state index in [1.54, 1.807) is 0 Å². The number of hydrogen-bond acceptors (Lipinski definition) is 4. The molecule has 1 saturated heterocycles. The molecule has 1 aromatic carbocycles.